The molecule has 0 heterocycles. The van der Waals surface area contributed by atoms with Gasteiger partial charge in [-0.05, 0) is 39.4 Å². The first-order chi connectivity index (χ1) is 21.6. The zero-order valence-corrected chi connectivity index (χ0v) is 31.5. The number of Topliss-reactive ketones (excluding diaryl/α,β-unsaturated/α-hetero) is 1. The van der Waals surface area contributed by atoms with Crippen LogP contribution in [-0.4, -0.2) is 5.78 Å². The van der Waals surface area contributed by atoms with Crippen LogP contribution in [0.1, 0.15) is 122 Å². The number of rotatable bonds is 4. The molecule has 4 rings (SSSR count). The predicted molar refractivity (Wildman–Crippen MR) is 205 cm³/mol. The molecule has 0 aliphatic carbocycles. The maximum absolute atomic E-state index is 11.7. The van der Waals surface area contributed by atoms with Gasteiger partial charge in [0.05, 0.1) is 0 Å². The molecule has 4 aromatic rings. The fourth-order valence-corrected chi connectivity index (χ4v) is 4.55. The summed E-state index contributed by atoms with van der Waals surface area (Å²) in [5.41, 5.74) is 17.2. The molecule has 256 valence electrons. The molecule has 2 atom stereocenters. The number of benzene rings is 4. The topological polar surface area (TPSA) is 69.1 Å². The average Bonchev–Trinajstić information content (AvgIpc) is 3.00. The first kappa shape index (κ1) is 41.5. The van der Waals surface area contributed by atoms with E-state index in [2.05, 4.69) is 117 Å². The van der Waals surface area contributed by atoms with E-state index in [9.17, 15) is 4.79 Å². The Hall–Kier alpha value is -3.53. The fourth-order valence-electron chi connectivity index (χ4n) is 4.55. The highest BCUT2D eigenvalue weighted by Gasteiger charge is 2.23. The zero-order chi connectivity index (χ0) is 35.9. The van der Waals surface area contributed by atoms with Gasteiger partial charge in [-0.2, -0.15) is 0 Å². The number of hydrogen-bond acceptors (Lipinski definition) is 3. The van der Waals surface area contributed by atoms with Crippen LogP contribution in [0.3, 0.4) is 0 Å². The molecule has 3 nitrogen and oxygen atoms in total. The van der Waals surface area contributed by atoms with Gasteiger partial charge in [0, 0.05) is 23.1 Å². The van der Waals surface area contributed by atoms with Gasteiger partial charge in [-0.1, -0.05) is 204 Å². The van der Waals surface area contributed by atoms with Crippen LogP contribution in [-0.2, 0) is 6.42 Å². The lowest BCUT2D eigenvalue weighted by molar-refractivity contribution is 0.0858. The van der Waals surface area contributed by atoms with E-state index in [1.807, 2.05) is 87.5 Å². The molecule has 0 unspecified atom stereocenters. The third kappa shape index (κ3) is 17.3. The van der Waals surface area contributed by atoms with Crippen molar-refractivity contribution in [3.63, 3.8) is 0 Å². The van der Waals surface area contributed by atoms with E-state index in [4.69, 9.17) is 11.5 Å². The van der Waals surface area contributed by atoms with E-state index in [1.165, 1.54) is 16.7 Å². The summed E-state index contributed by atoms with van der Waals surface area (Å²) >= 11 is 0. The normalized spacial score (nSPS) is 12.9. The summed E-state index contributed by atoms with van der Waals surface area (Å²) in [6, 6.07) is 40.7. The second kappa shape index (κ2) is 18.7. The van der Waals surface area contributed by atoms with E-state index >= 15 is 0 Å². The summed E-state index contributed by atoms with van der Waals surface area (Å²) in [5.74, 6) is 0.197. The highest BCUT2D eigenvalue weighted by atomic mass is 16.1. The smallest absolute Gasteiger partial charge is 0.168 e. The van der Waals surface area contributed by atoms with Crippen LogP contribution >= 0.6 is 0 Å². The van der Waals surface area contributed by atoms with Gasteiger partial charge in [0.2, 0.25) is 0 Å². The van der Waals surface area contributed by atoms with Crippen LogP contribution in [0.15, 0.2) is 121 Å². The van der Waals surface area contributed by atoms with Crippen molar-refractivity contribution in [1.29, 1.82) is 0 Å². The lowest BCUT2D eigenvalue weighted by Crippen LogP contribution is -2.26. The van der Waals surface area contributed by atoms with E-state index in [0.29, 0.717) is 5.41 Å². The fraction of sp³-hybridized carbons (Fsp3) is 0.432. The molecule has 4 N–H and O–H groups in total. The van der Waals surface area contributed by atoms with Crippen LogP contribution in [0.25, 0.3) is 0 Å². The summed E-state index contributed by atoms with van der Waals surface area (Å²) in [4.78, 5) is 11.7. The standard InChI is InChI=1S/2C11H17N.C11H14O.C11H16/c3*1-11(2,3)10(12)9-7-5-4-6-8-9;1-11(2,3)9-10-7-5-4-6-8-10/h2*4-8,10H,12H2,1-3H3;4-8H,1-3H3;4-8H,9H2,1-3H3/t2*10-;;/m10../s1. The Labute approximate surface area is 288 Å². The molecule has 0 aliphatic rings. The first-order valence-electron chi connectivity index (χ1n) is 16.9. The molecule has 0 aromatic heterocycles. The van der Waals surface area contributed by atoms with E-state index < -0.39 is 0 Å². The lowest BCUT2D eigenvalue weighted by atomic mass is 9.83. The molecule has 0 bridgehead atoms. The summed E-state index contributed by atoms with van der Waals surface area (Å²) in [7, 11) is 0. The molecule has 4 aromatic carbocycles. The molecule has 0 radical (unpaired) electrons. The lowest BCUT2D eigenvalue weighted by Gasteiger charge is -2.27. The average molecular weight is 637 g/mol. The zero-order valence-electron chi connectivity index (χ0n) is 31.5. The monoisotopic (exact) mass is 637 g/mol. The second-order valence-electron chi connectivity index (χ2n) is 16.7. The van der Waals surface area contributed by atoms with Crippen molar-refractivity contribution in [1.82, 2.24) is 0 Å². The third-order valence-corrected chi connectivity index (χ3v) is 7.48. The number of carbonyl (C=O) groups excluding carboxylic acids is 1. The number of ketones is 1. The van der Waals surface area contributed by atoms with Crippen molar-refractivity contribution < 1.29 is 4.79 Å². The minimum absolute atomic E-state index is 0.124. The van der Waals surface area contributed by atoms with Crippen molar-refractivity contribution in [2.75, 3.05) is 0 Å². The van der Waals surface area contributed by atoms with Crippen molar-refractivity contribution in [2.45, 2.75) is 102 Å². The summed E-state index contributed by atoms with van der Waals surface area (Å²) < 4.78 is 0. The molecule has 0 aliphatic heterocycles. The van der Waals surface area contributed by atoms with Crippen molar-refractivity contribution in [3.05, 3.63) is 144 Å². The Morgan fingerprint density at radius 3 is 1.06 bits per heavy atom. The minimum Gasteiger partial charge on any atom is -0.324 e. The van der Waals surface area contributed by atoms with Crippen LogP contribution in [0.5, 0.6) is 0 Å². The largest absolute Gasteiger partial charge is 0.324 e. The number of carbonyl (C=O) groups is 1. The first-order valence-corrected chi connectivity index (χ1v) is 16.9. The van der Waals surface area contributed by atoms with E-state index in [1.54, 1.807) is 0 Å². The van der Waals surface area contributed by atoms with Crippen molar-refractivity contribution in [3.8, 4) is 0 Å². The Morgan fingerprint density at radius 2 is 0.787 bits per heavy atom. The summed E-state index contributed by atoms with van der Waals surface area (Å²) in [6.45, 7) is 25.5. The molecule has 0 saturated heterocycles. The van der Waals surface area contributed by atoms with E-state index in [0.717, 1.165) is 12.0 Å². The van der Waals surface area contributed by atoms with Gasteiger partial charge in [0.1, 0.15) is 0 Å². The van der Waals surface area contributed by atoms with E-state index in [-0.39, 0.29) is 34.1 Å². The summed E-state index contributed by atoms with van der Waals surface area (Å²) in [5, 5.41) is 0. The molecule has 3 heteroatoms. The van der Waals surface area contributed by atoms with Gasteiger partial charge < -0.3 is 11.5 Å². The molecule has 47 heavy (non-hydrogen) atoms. The van der Waals surface area contributed by atoms with Gasteiger partial charge in [0.25, 0.3) is 0 Å². The maximum Gasteiger partial charge on any atom is 0.168 e. The second-order valence-corrected chi connectivity index (χ2v) is 16.7. The minimum atomic E-state index is -0.276. The van der Waals surface area contributed by atoms with Crippen molar-refractivity contribution >= 4 is 5.78 Å². The van der Waals surface area contributed by atoms with Gasteiger partial charge in [-0.25, -0.2) is 0 Å². The van der Waals surface area contributed by atoms with Gasteiger partial charge in [-0.3, -0.25) is 4.79 Å². The Balaban J connectivity index is 0.000000314. The van der Waals surface area contributed by atoms with Gasteiger partial charge in [-0.15, -0.1) is 0 Å². The molecule has 0 amide bonds. The quantitative estimate of drug-likeness (QED) is 0.219. The van der Waals surface area contributed by atoms with Crippen LogP contribution < -0.4 is 11.5 Å². The van der Waals surface area contributed by atoms with Gasteiger partial charge >= 0.3 is 0 Å². The SMILES string of the molecule is CC(C)(C)C(=O)c1ccccc1.CC(C)(C)Cc1ccccc1.CC(C)(C)[C@@H](N)c1ccccc1.CC(C)(C)[C@H](N)c1ccccc1. The maximum atomic E-state index is 11.7. The molecular weight excluding hydrogens is 572 g/mol. The number of hydrogen-bond donors (Lipinski definition) is 2. The molecule has 0 saturated carbocycles. The Bertz CT molecular complexity index is 1330. The molecule has 0 fully saturated rings. The Morgan fingerprint density at radius 1 is 0.489 bits per heavy atom. The third-order valence-electron chi connectivity index (χ3n) is 7.48. The number of nitrogens with two attached hydrogens (primary N) is 2. The van der Waals surface area contributed by atoms with Crippen molar-refractivity contribution in [2.24, 2.45) is 33.1 Å². The summed E-state index contributed by atoms with van der Waals surface area (Å²) in [6.07, 6.45) is 1.16. The van der Waals surface area contributed by atoms with Gasteiger partial charge in [0.15, 0.2) is 5.78 Å². The van der Waals surface area contributed by atoms with Crippen LogP contribution in [0.2, 0.25) is 0 Å². The predicted octanol–water partition coefficient (Wildman–Crippen LogP) is 11.7. The molecular formula is C44H64N2O. The highest BCUT2D eigenvalue weighted by Crippen LogP contribution is 2.30. The van der Waals surface area contributed by atoms with Crippen LogP contribution in [0.4, 0.5) is 0 Å². The highest BCUT2D eigenvalue weighted by molar-refractivity contribution is 5.99. The van der Waals surface area contributed by atoms with Crippen LogP contribution in [0, 0.1) is 21.7 Å². The molecule has 0 spiro atoms. The Kier molecular flexibility index (Phi) is 16.5.